The Balaban J connectivity index is 2.35. The number of hydrogen-bond acceptors (Lipinski definition) is 2. The molecule has 0 aliphatic heterocycles. The standard InChI is InChI=1S/C14H19NO2/c1-3-15(4-2)13-8-7-10-5-6-11(14(16)17)9-12(10)13/h5-6,9,13H,3-4,7-8H2,1-2H3,(H,16,17). The lowest BCUT2D eigenvalue weighted by atomic mass is 10.0. The van der Waals surface area contributed by atoms with E-state index in [-0.39, 0.29) is 0 Å². The number of fused-ring (bicyclic) bond motifs is 1. The second-order valence-electron chi connectivity index (χ2n) is 4.49. The second-order valence-corrected chi connectivity index (χ2v) is 4.49. The van der Waals surface area contributed by atoms with Gasteiger partial charge < -0.3 is 5.11 Å². The van der Waals surface area contributed by atoms with E-state index in [9.17, 15) is 4.79 Å². The van der Waals surface area contributed by atoms with Gasteiger partial charge in [-0.15, -0.1) is 0 Å². The summed E-state index contributed by atoms with van der Waals surface area (Å²) in [6.45, 7) is 6.33. The van der Waals surface area contributed by atoms with Crippen LogP contribution >= 0.6 is 0 Å². The maximum absolute atomic E-state index is 11.0. The maximum atomic E-state index is 11.0. The van der Waals surface area contributed by atoms with Crippen molar-refractivity contribution >= 4 is 5.97 Å². The average molecular weight is 233 g/mol. The molecule has 1 aromatic rings. The van der Waals surface area contributed by atoms with E-state index in [2.05, 4.69) is 18.7 Å². The molecule has 0 aromatic heterocycles. The Morgan fingerprint density at radius 2 is 2.12 bits per heavy atom. The largest absolute Gasteiger partial charge is 0.478 e. The third kappa shape index (κ3) is 2.20. The van der Waals surface area contributed by atoms with Crippen LogP contribution < -0.4 is 0 Å². The molecule has 0 saturated carbocycles. The zero-order valence-corrected chi connectivity index (χ0v) is 10.4. The Labute approximate surface area is 102 Å². The van der Waals surface area contributed by atoms with Gasteiger partial charge in [0.05, 0.1) is 5.56 Å². The van der Waals surface area contributed by atoms with Gasteiger partial charge in [0.1, 0.15) is 0 Å². The Bertz CT molecular complexity index is 424. The molecule has 0 heterocycles. The molecular weight excluding hydrogens is 214 g/mol. The van der Waals surface area contributed by atoms with Gasteiger partial charge in [-0.05, 0) is 49.2 Å². The van der Waals surface area contributed by atoms with Gasteiger partial charge in [0.15, 0.2) is 0 Å². The molecule has 1 N–H and O–H groups in total. The molecule has 0 amide bonds. The highest BCUT2D eigenvalue weighted by atomic mass is 16.4. The number of rotatable bonds is 4. The smallest absolute Gasteiger partial charge is 0.335 e. The van der Waals surface area contributed by atoms with Crippen molar-refractivity contribution in [3.63, 3.8) is 0 Å². The highest BCUT2D eigenvalue weighted by molar-refractivity contribution is 5.88. The molecule has 0 fully saturated rings. The SMILES string of the molecule is CCN(CC)C1CCc2ccc(C(=O)O)cc21. The summed E-state index contributed by atoms with van der Waals surface area (Å²) in [5.74, 6) is -0.835. The van der Waals surface area contributed by atoms with Crippen molar-refractivity contribution in [3.8, 4) is 0 Å². The van der Waals surface area contributed by atoms with Gasteiger partial charge in [0.2, 0.25) is 0 Å². The number of aromatic carboxylic acids is 1. The van der Waals surface area contributed by atoms with Crippen LogP contribution in [0.3, 0.4) is 0 Å². The van der Waals surface area contributed by atoms with Crippen molar-refractivity contribution in [1.82, 2.24) is 4.90 Å². The third-order valence-corrected chi connectivity index (χ3v) is 3.69. The van der Waals surface area contributed by atoms with E-state index >= 15 is 0 Å². The number of nitrogens with zero attached hydrogens (tertiary/aromatic N) is 1. The first-order valence-electron chi connectivity index (χ1n) is 6.27. The molecular formula is C14H19NO2. The molecule has 17 heavy (non-hydrogen) atoms. The summed E-state index contributed by atoms with van der Waals surface area (Å²) in [4.78, 5) is 13.4. The number of carboxylic acids is 1. The van der Waals surface area contributed by atoms with Crippen LogP contribution in [0.1, 0.15) is 47.8 Å². The zero-order chi connectivity index (χ0) is 12.4. The molecule has 1 aliphatic carbocycles. The predicted octanol–water partition coefficient (Wildman–Crippen LogP) is 2.71. The highest BCUT2D eigenvalue weighted by Crippen LogP contribution is 2.36. The van der Waals surface area contributed by atoms with Gasteiger partial charge in [0.25, 0.3) is 0 Å². The van der Waals surface area contributed by atoms with Gasteiger partial charge in [-0.2, -0.15) is 0 Å². The molecule has 1 unspecified atom stereocenters. The minimum Gasteiger partial charge on any atom is -0.478 e. The fraction of sp³-hybridized carbons (Fsp3) is 0.500. The normalized spacial score (nSPS) is 18.4. The monoisotopic (exact) mass is 233 g/mol. The fourth-order valence-electron chi connectivity index (χ4n) is 2.76. The van der Waals surface area contributed by atoms with Gasteiger partial charge in [0, 0.05) is 6.04 Å². The van der Waals surface area contributed by atoms with Crippen LogP contribution in [0.15, 0.2) is 18.2 Å². The lowest BCUT2D eigenvalue weighted by Crippen LogP contribution is -2.27. The van der Waals surface area contributed by atoms with Crippen molar-refractivity contribution < 1.29 is 9.90 Å². The number of hydrogen-bond donors (Lipinski definition) is 1. The first kappa shape index (κ1) is 12.1. The second kappa shape index (κ2) is 4.88. The summed E-state index contributed by atoms with van der Waals surface area (Å²) in [5.41, 5.74) is 2.93. The minimum absolute atomic E-state index is 0.402. The van der Waals surface area contributed by atoms with Gasteiger partial charge in [-0.1, -0.05) is 19.9 Å². The van der Waals surface area contributed by atoms with Gasteiger partial charge in [-0.25, -0.2) is 4.79 Å². The number of carboxylic acid groups (broad SMARTS) is 1. The van der Waals surface area contributed by atoms with E-state index in [1.807, 2.05) is 12.1 Å². The van der Waals surface area contributed by atoms with E-state index in [1.165, 1.54) is 11.1 Å². The van der Waals surface area contributed by atoms with Crippen LogP contribution in [0.2, 0.25) is 0 Å². The van der Waals surface area contributed by atoms with E-state index in [0.717, 1.165) is 25.9 Å². The average Bonchev–Trinajstić information content (AvgIpc) is 2.74. The van der Waals surface area contributed by atoms with Crippen LogP contribution in [0, 0.1) is 0 Å². The van der Waals surface area contributed by atoms with Crippen molar-refractivity contribution in [3.05, 3.63) is 34.9 Å². The Hall–Kier alpha value is -1.35. The summed E-state index contributed by atoms with van der Waals surface area (Å²) in [6, 6.07) is 5.95. The number of aryl methyl sites for hydroxylation is 1. The third-order valence-electron chi connectivity index (χ3n) is 3.69. The van der Waals surface area contributed by atoms with Gasteiger partial charge in [-0.3, -0.25) is 4.90 Å². The Morgan fingerprint density at radius 1 is 1.41 bits per heavy atom. The Kier molecular flexibility index (Phi) is 3.48. The van der Waals surface area contributed by atoms with Gasteiger partial charge >= 0.3 is 5.97 Å². The molecule has 0 saturated heterocycles. The summed E-state index contributed by atoms with van der Waals surface area (Å²) < 4.78 is 0. The van der Waals surface area contributed by atoms with Crippen molar-refractivity contribution in [1.29, 1.82) is 0 Å². The summed E-state index contributed by atoms with van der Waals surface area (Å²) in [5, 5.41) is 9.04. The lowest BCUT2D eigenvalue weighted by molar-refractivity contribution is 0.0696. The molecule has 3 heteroatoms. The maximum Gasteiger partial charge on any atom is 0.335 e. The number of carbonyl (C=O) groups is 1. The van der Waals surface area contributed by atoms with Crippen molar-refractivity contribution in [2.75, 3.05) is 13.1 Å². The molecule has 1 aromatic carbocycles. The molecule has 2 rings (SSSR count). The molecule has 92 valence electrons. The van der Waals surface area contributed by atoms with Crippen LogP contribution in [0.4, 0.5) is 0 Å². The molecule has 0 spiro atoms. The number of benzene rings is 1. The van der Waals surface area contributed by atoms with E-state index in [0.29, 0.717) is 11.6 Å². The summed E-state index contributed by atoms with van der Waals surface area (Å²) in [7, 11) is 0. The molecule has 3 nitrogen and oxygen atoms in total. The summed E-state index contributed by atoms with van der Waals surface area (Å²) >= 11 is 0. The topological polar surface area (TPSA) is 40.5 Å². The van der Waals surface area contributed by atoms with Crippen LogP contribution in [0.25, 0.3) is 0 Å². The Morgan fingerprint density at radius 3 is 2.71 bits per heavy atom. The molecule has 0 radical (unpaired) electrons. The van der Waals surface area contributed by atoms with Crippen LogP contribution in [-0.4, -0.2) is 29.1 Å². The molecule has 1 aliphatic rings. The quantitative estimate of drug-likeness (QED) is 0.869. The minimum atomic E-state index is -0.835. The van der Waals surface area contributed by atoms with E-state index in [4.69, 9.17) is 5.11 Å². The van der Waals surface area contributed by atoms with Crippen LogP contribution in [-0.2, 0) is 6.42 Å². The predicted molar refractivity (Wildman–Crippen MR) is 67.4 cm³/mol. The fourth-order valence-corrected chi connectivity index (χ4v) is 2.76. The van der Waals surface area contributed by atoms with E-state index < -0.39 is 5.97 Å². The first-order valence-corrected chi connectivity index (χ1v) is 6.27. The van der Waals surface area contributed by atoms with Crippen LogP contribution in [0.5, 0.6) is 0 Å². The lowest BCUT2D eigenvalue weighted by Gasteiger charge is -2.26. The molecule has 0 bridgehead atoms. The van der Waals surface area contributed by atoms with Crippen molar-refractivity contribution in [2.24, 2.45) is 0 Å². The highest BCUT2D eigenvalue weighted by Gasteiger charge is 2.27. The molecule has 1 atom stereocenters. The van der Waals surface area contributed by atoms with E-state index in [1.54, 1.807) is 6.07 Å². The zero-order valence-electron chi connectivity index (χ0n) is 10.4. The first-order chi connectivity index (χ1) is 8.17. The van der Waals surface area contributed by atoms with Crippen molar-refractivity contribution in [2.45, 2.75) is 32.7 Å². The summed E-state index contributed by atoms with van der Waals surface area (Å²) in [6.07, 6.45) is 2.18.